The zero-order chi connectivity index (χ0) is 12.1. The predicted molar refractivity (Wildman–Crippen MR) is 64.7 cm³/mol. The lowest BCUT2D eigenvalue weighted by Crippen LogP contribution is -2.10. The molecule has 3 N–H and O–H groups in total. The van der Waals surface area contributed by atoms with Gasteiger partial charge in [-0.05, 0) is 44.0 Å². The lowest BCUT2D eigenvalue weighted by atomic mass is 10.1. The van der Waals surface area contributed by atoms with Gasteiger partial charge in [0.15, 0.2) is 0 Å². The standard InChI is InChI=1S/C11H17N3O2/c1-8-6-10(13-5-3-4-12)11(14(15)16)7-9(8)2/h6-7,13H,3-5,12H2,1-2H3. The lowest BCUT2D eigenvalue weighted by molar-refractivity contribution is -0.384. The normalized spacial score (nSPS) is 10.2. The third-order valence-electron chi connectivity index (χ3n) is 2.51. The van der Waals surface area contributed by atoms with Crippen LogP contribution in [-0.2, 0) is 0 Å². The average Bonchev–Trinajstić information content (AvgIpc) is 2.23. The molecule has 5 heteroatoms. The monoisotopic (exact) mass is 223 g/mol. The summed E-state index contributed by atoms with van der Waals surface area (Å²) in [6, 6.07) is 3.41. The number of anilines is 1. The quantitative estimate of drug-likeness (QED) is 0.454. The van der Waals surface area contributed by atoms with E-state index in [1.54, 1.807) is 6.07 Å². The fourth-order valence-corrected chi connectivity index (χ4v) is 1.42. The van der Waals surface area contributed by atoms with E-state index in [1.807, 2.05) is 19.9 Å². The van der Waals surface area contributed by atoms with E-state index >= 15 is 0 Å². The number of hydrogen-bond acceptors (Lipinski definition) is 4. The molecule has 0 heterocycles. The Morgan fingerprint density at radius 3 is 2.56 bits per heavy atom. The van der Waals surface area contributed by atoms with Crippen LogP contribution in [0.2, 0.25) is 0 Å². The molecule has 0 saturated carbocycles. The molecule has 5 nitrogen and oxygen atoms in total. The van der Waals surface area contributed by atoms with Gasteiger partial charge in [0.1, 0.15) is 5.69 Å². The Morgan fingerprint density at radius 1 is 1.38 bits per heavy atom. The summed E-state index contributed by atoms with van der Waals surface area (Å²) in [5, 5.41) is 13.9. The van der Waals surface area contributed by atoms with E-state index in [0.717, 1.165) is 17.5 Å². The first-order valence-electron chi connectivity index (χ1n) is 5.26. The van der Waals surface area contributed by atoms with Crippen molar-refractivity contribution in [3.05, 3.63) is 33.4 Å². The number of nitro groups is 1. The molecule has 0 unspecified atom stereocenters. The van der Waals surface area contributed by atoms with Crippen molar-refractivity contribution in [2.24, 2.45) is 5.73 Å². The summed E-state index contributed by atoms with van der Waals surface area (Å²) < 4.78 is 0. The average molecular weight is 223 g/mol. The first-order valence-corrected chi connectivity index (χ1v) is 5.26. The molecule has 88 valence electrons. The molecule has 0 fully saturated rings. The molecule has 0 spiro atoms. The smallest absolute Gasteiger partial charge is 0.292 e. The molecule has 0 saturated heterocycles. The zero-order valence-electron chi connectivity index (χ0n) is 9.62. The summed E-state index contributed by atoms with van der Waals surface area (Å²) in [6.45, 7) is 5.03. The molecule has 16 heavy (non-hydrogen) atoms. The highest BCUT2D eigenvalue weighted by Gasteiger charge is 2.14. The van der Waals surface area contributed by atoms with E-state index in [9.17, 15) is 10.1 Å². The summed E-state index contributed by atoms with van der Waals surface area (Å²) in [4.78, 5) is 10.5. The van der Waals surface area contributed by atoms with E-state index in [-0.39, 0.29) is 10.6 Å². The van der Waals surface area contributed by atoms with E-state index in [4.69, 9.17) is 5.73 Å². The summed E-state index contributed by atoms with van der Waals surface area (Å²) in [5.41, 5.74) is 8.04. The molecule has 0 atom stereocenters. The molecule has 1 aromatic rings. The molecule has 1 aromatic carbocycles. The second-order valence-corrected chi connectivity index (χ2v) is 3.78. The SMILES string of the molecule is Cc1cc(NCCCN)c([N+](=O)[O-])cc1C. The fourth-order valence-electron chi connectivity index (χ4n) is 1.42. The minimum absolute atomic E-state index is 0.125. The molecular weight excluding hydrogens is 206 g/mol. The number of nitro benzene ring substituents is 1. The van der Waals surface area contributed by atoms with Crippen molar-refractivity contribution in [2.45, 2.75) is 20.3 Å². The van der Waals surface area contributed by atoms with Crippen LogP contribution >= 0.6 is 0 Å². The summed E-state index contributed by atoms with van der Waals surface area (Å²) in [5.74, 6) is 0. The second kappa shape index (κ2) is 5.46. The molecule has 1 rings (SSSR count). The number of aryl methyl sites for hydroxylation is 2. The Bertz CT molecular complexity index is 391. The summed E-state index contributed by atoms with van der Waals surface area (Å²) >= 11 is 0. The van der Waals surface area contributed by atoms with Gasteiger partial charge in [-0.2, -0.15) is 0 Å². The number of nitrogens with one attached hydrogen (secondary N) is 1. The number of hydrogen-bond donors (Lipinski definition) is 2. The van der Waals surface area contributed by atoms with E-state index in [0.29, 0.717) is 18.8 Å². The minimum Gasteiger partial charge on any atom is -0.379 e. The zero-order valence-corrected chi connectivity index (χ0v) is 9.62. The molecule has 0 aliphatic heterocycles. The third kappa shape index (κ3) is 2.93. The fraction of sp³-hybridized carbons (Fsp3) is 0.455. The maximum atomic E-state index is 10.9. The maximum absolute atomic E-state index is 10.9. The molecule has 0 aliphatic rings. The first kappa shape index (κ1) is 12.4. The van der Waals surface area contributed by atoms with Crippen molar-refractivity contribution >= 4 is 11.4 Å². The van der Waals surface area contributed by atoms with Crippen molar-refractivity contribution in [2.75, 3.05) is 18.4 Å². The predicted octanol–water partition coefficient (Wildman–Crippen LogP) is 1.97. The highest BCUT2D eigenvalue weighted by molar-refractivity contribution is 5.64. The Balaban J connectivity index is 2.95. The number of benzene rings is 1. The van der Waals surface area contributed by atoms with Crippen LogP contribution in [0.1, 0.15) is 17.5 Å². The van der Waals surface area contributed by atoms with Crippen molar-refractivity contribution < 1.29 is 4.92 Å². The Kier molecular flexibility index (Phi) is 4.25. The van der Waals surface area contributed by atoms with Crippen LogP contribution in [0.4, 0.5) is 11.4 Å². The van der Waals surface area contributed by atoms with Gasteiger partial charge in [0.25, 0.3) is 5.69 Å². The minimum atomic E-state index is -0.364. The highest BCUT2D eigenvalue weighted by atomic mass is 16.6. The van der Waals surface area contributed by atoms with Crippen molar-refractivity contribution in [3.8, 4) is 0 Å². The van der Waals surface area contributed by atoms with Crippen LogP contribution in [0.15, 0.2) is 12.1 Å². The van der Waals surface area contributed by atoms with Gasteiger partial charge < -0.3 is 11.1 Å². The number of rotatable bonds is 5. The largest absolute Gasteiger partial charge is 0.379 e. The third-order valence-corrected chi connectivity index (χ3v) is 2.51. The molecule has 0 bridgehead atoms. The Labute approximate surface area is 94.8 Å². The molecule has 0 amide bonds. The number of nitrogens with two attached hydrogens (primary N) is 1. The summed E-state index contributed by atoms with van der Waals surface area (Å²) in [7, 11) is 0. The maximum Gasteiger partial charge on any atom is 0.292 e. The van der Waals surface area contributed by atoms with E-state index < -0.39 is 0 Å². The van der Waals surface area contributed by atoms with Gasteiger partial charge in [-0.25, -0.2) is 0 Å². The van der Waals surface area contributed by atoms with Crippen LogP contribution in [0.25, 0.3) is 0 Å². The van der Waals surface area contributed by atoms with Crippen LogP contribution < -0.4 is 11.1 Å². The van der Waals surface area contributed by atoms with Crippen LogP contribution in [0.5, 0.6) is 0 Å². The van der Waals surface area contributed by atoms with Crippen LogP contribution in [-0.4, -0.2) is 18.0 Å². The van der Waals surface area contributed by atoms with Crippen molar-refractivity contribution in [1.82, 2.24) is 0 Å². The lowest BCUT2D eigenvalue weighted by Gasteiger charge is -2.09. The summed E-state index contributed by atoms with van der Waals surface area (Å²) in [6.07, 6.45) is 0.796. The van der Waals surface area contributed by atoms with Crippen LogP contribution in [0, 0.1) is 24.0 Å². The molecule has 0 aliphatic carbocycles. The van der Waals surface area contributed by atoms with Gasteiger partial charge in [0, 0.05) is 12.6 Å². The van der Waals surface area contributed by atoms with Crippen LogP contribution in [0.3, 0.4) is 0 Å². The molecule has 0 aromatic heterocycles. The van der Waals surface area contributed by atoms with Crippen molar-refractivity contribution in [3.63, 3.8) is 0 Å². The molecule has 0 radical (unpaired) electrons. The van der Waals surface area contributed by atoms with Gasteiger partial charge in [-0.15, -0.1) is 0 Å². The first-order chi connectivity index (χ1) is 7.56. The highest BCUT2D eigenvalue weighted by Crippen LogP contribution is 2.27. The van der Waals surface area contributed by atoms with Gasteiger partial charge in [-0.1, -0.05) is 0 Å². The van der Waals surface area contributed by atoms with Gasteiger partial charge in [0.2, 0.25) is 0 Å². The van der Waals surface area contributed by atoms with Gasteiger partial charge in [-0.3, -0.25) is 10.1 Å². The van der Waals surface area contributed by atoms with E-state index in [2.05, 4.69) is 5.32 Å². The van der Waals surface area contributed by atoms with E-state index in [1.165, 1.54) is 0 Å². The second-order valence-electron chi connectivity index (χ2n) is 3.78. The van der Waals surface area contributed by atoms with Gasteiger partial charge >= 0.3 is 0 Å². The molecular formula is C11H17N3O2. The van der Waals surface area contributed by atoms with Gasteiger partial charge in [0.05, 0.1) is 4.92 Å². The topological polar surface area (TPSA) is 81.2 Å². The Hall–Kier alpha value is -1.62. The Morgan fingerprint density at radius 2 is 2.00 bits per heavy atom. The van der Waals surface area contributed by atoms with Crippen molar-refractivity contribution in [1.29, 1.82) is 0 Å². The number of nitrogens with zero attached hydrogens (tertiary/aromatic N) is 1.